The number of nitriles is 1. The number of hydrogen-bond donors (Lipinski definition) is 0. The number of piperidine rings is 1. The van der Waals surface area contributed by atoms with E-state index in [4.69, 9.17) is 26.1 Å². The summed E-state index contributed by atoms with van der Waals surface area (Å²) >= 11 is 6.26. The zero-order valence-corrected chi connectivity index (χ0v) is 29.1. The second-order valence-electron chi connectivity index (χ2n) is 15.5. The number of nitrogens with zero attached hydrogens (tertiary/aromatic N) is 5. The van der Waals surface area contributed by atoms with Crippen LogP contribution in [-0.4, -0.2) is 81.7 Å². The van der Waals surface area contributed by atoms with Crippen molar-refractivity contribution in [2.24, 2.45) is 16.7 Å². The second-order valence-corrected chi connectivity index (χ2v) is 15.9. The highest BCUT2D eigenvalue weighted by Gasteiger charge is 2.67. The Bertz CT molecular complexity index is 1670. The number of benzene rings is 1. The van der Waals surface area contributed by atoms with Gasteiger partial charge in [0.1, 0.15) is 29.2 Å². The van der Waals surface area contributed by atoms with Gasteiger partial charge in [0, 0.05) is 48.0 Å². The average Bonchev–Trinajstić information content (AvgIpc) is 3.27. The van der Waals surface area contributed by atoms with Crippen LogP contribution in [0.1, 0.15) is 88.6 Å². The number of carbonyl (C=O) groups excluding carboxylic acids is 2. The van der Waals surface area contributed by atoms with E-state index in [0.717, 1.165) is 44.7 Å². The van der Waals surface area contributed by atoms with Crippen molar-refractivity contribution in [1.29, 1.82) is 5.26 Å². The Morgan fingerprint density at radius 1 is 1.06 bits per heavy atom. The van der Waals surface area contributed by atoms with Gasteiger partial charge in [0.15, 0.2) is 0 Å². The molecule has 0 unspecified atom stereocenters. The van der Waals surface area contributed by atoms with Crippen LogP contribution in [0.15, 0.2) is 30.3 Å². The molecule has 0 radical (unpaired) electrons. The van der Waals surface area contributed by atoms with E-state index < -0.39 is 5.60 Å². The Kier molecular flexibility index (Phi) is 8.47. The van der Waals surface area contributed by atoms with Gasteiger partial charge in [-0.25, -0.2) is 9.78 Å². The van der Waals surface area contributed by atoms with E-state index in [0.29, 0.717) is 46.1 Å². The fourth-order valence-corrected chi connectivity index (χ4v) is 8.45. The zero-order valence-electron chi connectivity index (χ0n) is 28.4. The Balaban J connectivity index is 1.04. The first-order valence-electron chi connectivity index (χ1n) is 16.5. The van der Waals surface area contributed by atoms with Gasteiger partial charge in [0.25, 0.3) is 5.91 Å². The molecule has 3 aliphatic heterocycles. The first-order chi connectivity index (χ1) is 22.1. The molecule has 1 aromatic heterocycles. The first-order valence-corrected chi connectivity index (χ1v) is 16.9. The topological polar surface area (TPSA) is 99.0 Å². The molecule has 2 amide bonds. The van der Waals surface area contributed by atoms with Gasteiger partial charge in [-0.1, -0.05) is 45.2 Å². The summed E-state index contributed by atoms with van der Waals surface area (Å²) in [7, 11) is 0. The van der Waals surface area contributed by atoms with Crippen molar-refractivity contribution < 1.29 is 19.1 Å². The molecule has 1 aromatic carbocycles. The third-order valence-electron chi connectivity index (χ3n) is 10.1. The molecule has 4 aliphatic rings. The highest BCUT2D eigenvalue weighted by atomic mass is 35.5. The number of rotatable bonds is 4. The maximum Gasteiger partial charge on any atom is 0.410 e. The van der Waals surface area contributed by atoms with Crippen molar-refractivity contribution in [3.05, 3.63) is 57.9 Å². The Hall–Kier alpha value is -3.79. The van der Waals surface area contributed by atoms with E-state index >= 15 is 0 Å². The van der Waals surface area contributed by atoms with Gasteiger partial charge >= 0.3 is 6.09 Å². The Morgan fingerprint density at radius 3 is 2.36 bits per heavy atom. The molecule has 2 saturated heterocycles. The van der Waals surface area contributed by atoms with Crippen LogP contribution in [0.5, 0.6) is 5.75 Å². The Morgan fingerprint density at radius 2 is 1.74 bits per heavy atom. The number of pyridine rings is 1. The minimum absolute atomic E-state index is 0.00775. The summed E-state index contributed by atoms with van der Waals surface area (Å²) in [5.41, 5.74) is 1.35. The van der Waals surface area contributed by atoms with Crippen LogP contribution in [0.3, 0.4) is 0 Å². The van der Waals surface area contributed by atoms with Crippen LogP contribution in [0.25, 0.3) is 0 Å². The molecule has 2 aromatic rings. The summed E-state index contributed by atoms with van der Waals surface area (Å²) in [5, 5.41) is 9.58. The van der Waals surface area contributed by atoms with Crippen LogP contribution in [0, 0.1) is 39.9 Å². The summed E-state index contributed by atoms with van der Waals surface area (Å²) < 4.78 is 11.9. The maximum absolute atomic E-state index is 13.7. The number of hydrogen-bond acceptors (Lipinski definition) is 7. The number of ether oxygens (including phenoxy) is 2. The summed E-state index contributed by atoms with van der Waals surface area (Å²) in [5.74, 6) is 7.64. The van der Waals surface area contributed by atoms with Crippen molar-refractivity contribution in [1.82, 2.24) is 19.7 Å². The largest absolute Gasteiger partial charge is 0.489 e. The number of fused-ring (bicyclic) bond motifs is 1. The molecule has 6 rings (SSSR count). The number of aromatic nitrogens is 1. The molecule has 10 heteroatoms. The van der Waals surface area contributed by atoms with Crippen molar-refractivity contribution in [3.8, 4) is 23.7 Å². The minimum Gasteiger partial charge on any atom is -0.489 e. The molecule has 4 heterocycles. The van der Waals surface area contributed by atoms with Gasteiger partial charge in [-0.2, -0.15) is 5.26 Å². The van der Waals surface area contributed by atoms with Gasteiger partial charge in [0.2, 0.25) is 0 Å². The van der Waals surface area contributed by atoms with Gasteiger partial charge < -0.3 is 19.3 Å². The molecule has 0 spiro atoms. The number of likely N-dealkylation sites (tertiary alicyclic amines) is 2. The third kappa shape index (κ3) is 6.28. The van der Waals surface area contributed by atoms with Crippen molar-refractivity contribution in [2.45, 2.75) is 91.6 Å². The summed E-state index contributed by atoms with van der Waals surface area (Å²) in [6, 6.07) is 11.3. The van der Waals surface area contributed by atoms with Crippen LogP contribution in [0.2, 0.25) is 5.02 Å². The lowest BCUT2D eigenvalue weighted by molar-refractivity contribution is -0.199. The molecule has 0 N–H and O–H groups in total. The lowest BCUT2D eigenvalue weighted by Crippen LogP contribution is -2.74. The molecule has 0 atom stereocenters. The van der Waals surface area contributed by atoms with E-state index in [2.05, 4.69) is 50.5 Å². The number of amides is 2. The van der Waals surface area contributed by atoms with E-state index in [1.54, 1.807) is 23.1 Å². The summed E-state index contributed by atoms with van der Waals surface area (Å²) in [6.45, 7) is 18.0. The summed E-state index contributed by atoms with van der Waals surface area (Å²) in [6.07, 6.45) is 1.56. The smallest absolute Gasteiger partial charge is 0.410 e. The van der Waals surface area contributed by atoms with E-state index in [9.17, 15) is 14.9 Å². The van der Waals surface area contributed by atoms with Crippen molar-refractivity contribution >= 4 is 23.6 Å². The van der Waals surface area contributed by atoms with Gasteiger partial charge in [-0.05, 0) is 76.9 Å². The molecular formula is C37H44ClN5O4. The molecule has 1 aliphatic carbocycles. The third-order valence-corrected chi connectivity index (χ3v) is 10.5. The van der Waals surface area contributed by atoms with E-state index in [1.165, 1.54) is 0 Å². The second kappa shape index (κ2) is 12.0. The summed E-state index contributed by atoms with van der Waals surface area (Å²) in [4.78, 5) is 37.0. The van der Waals surface area contributed by atoms with Crippen LogP contribution in [-0.2, 0) is 11.3 Å². The fourth-order valence-electron chi connectivity index (χ4n) is 8.24. The van der Waals surface area contributed by atoms with Crippen LogP contribution in [0.4, 0.5) is 4.79 Å². The van der Waals surface area contributed by atoms with Crippen molar-refractivity contribution in [2.75, 3.05) is 26.2 Å². The monoisotopic (exact) mass is 657 g/mol. The standard InChI is InChI=1S/C37H44ClN5O4/c1-35(2,3)47-34(45)42-20-26(21-42)41-16-14-23(15-17-41)8-10-25-11-13-28-30(40-25)22-43(31(28)44)32-36(4,5)33(37(32,6)7)46-27-12-9-24(19-39)29(38)18-27/h9,11-13,18,23,26,32-33H,14-17,20-22H2,1-7H3. The molecule has 1 saturated carbocycles. The number of halogens is 1. The highest BCUT2D eigenvalue weighted by Crippen LogP contribution is 2.59. The predicted octanol–water partition coefficient (Wildman–Crippen LogP) is 6.13. The first kappa shape index (κ1) is 33.1. The van der Waals surface area contributed by atoms with Gasteiger partial charge in [-0.15, -0.1) is 0 Å². The van der Waals surface area contributed by atoms with Crippen LogP contribution >= 0.6 is 11.6 Å². The van der Waals surface area contributed by atoms with Crippen molar-refractivity contribution in [3.63, 3.8) is 0 Å². The van der Waals surface area contributed by atoms with E-state index in [1.807, 2.05) is 37.8 Å². The average molecular weight is 658 g/mol. The number of carbonyl (C=O) groups is 2. The molecule has 47 heavy (non-hydrogen) atoms. The molecule has 3 fully saturated rings. The zero-order chi connectivity index (χ0) is 33.9. The predicted molar refractivity (Wildman–Crippen MR) is 179 cm³/mol. The molecule has 248 valence electrons. The normalized spacial score (nSPS) is 23.9. The molecule has 0 bridgehead atoms. The van der Waals surface area contributed by atoms with E-state index in [-0.39, 0.29) is 35.0 Å². The Labute approximate surface area is 283 Å². The SMILES string of the molecule is CC(C)(C)OC(=O)N1CC(N2CCC(C#Cc3ccc4c(n3)CN(C3C(C)(C)C(Oc5ccc(C#N)c(Cl)c5)C3(C)C)C4=O)CC2)C1. The fraction of sp³-hybridized carbons (Fsp3) is 0.568. The van der Waals surface area contributed by atoms with Gasteiger partial charge in [-0.3, -0.25) is 9.69 Å². The lowest BCUT2D eigenvalue weighted by Gasteiger charge is -2.65. The molecule has 9 nitrogen and oxygen atoms in total. The highest BCUT2D eigenvalue weighted by molar-refractivity contribution is 6.31. The quantitative estimate of drug-likeness (QED) is 0.365. The lowest BCUT2D eigenvalue weighted by atomic mass is 9.49. The van der Waals surface area contributed by atoms with Gasteiger partial charge in [0.05, 0.1) is 28.4 Å². The minimum atomic E-state index is -0.476. The molecular weight excluding hydrogens is 614 g/mol. The maximum atomic E-state index is 13.7. The van der Waals surface area contributed by atoms with Crippen LogP contribution < -0.4 is 4.74 Å².